The van der Waals surface area contributed by atoms with Gasteiger partial charge in [-0.1, -0.05) is 56.8 Å². The molecule has 8 nitrogen and oxygen atoms in total. The molecule has 0 bridgehead atoms. The molecular weight excluding hydrogens is 422 g/mol. The number of halogens is 1. The van der Waals surface area contributed by atoms with Gasteiger partial charge in [0.25, 0.3) is 17.2 Å². The van der Waals surface area contributed by atoms with Crippen LogP contribution in [0.15, 0.2) is 47.4 Å². The molecule has 0 aliphatic heterocycles. The molecule has 0 saturated heterocycles. The minimum atomic E-state index is -1.53. The minimum absolute atomic E-state index is 0.0424. The molecule has 1 aromatic heterocycles. The van der Waals surface area contributed by atoms with Crippen molar-refractivity contribution in [1.29, 1.82) is 0 Å². The summed E-state index contributed by atoms with van der Waals surface area (Å²) in [6.45, 7) is 4.48. The van der Waals surface area contributed by atoms with E-state index in [1.807, 2.05) is 6.92 Å². The summed E-state index contributed by atoms with van der Waals surface area (Å²) in [7, 11) is 0. The van der Waals surface area contributed by atoms with Gasteiger partial charge in [-0.25, -0.2) is 0 Å². The third kappa shape index (κ3) is 6.49. The average Bonchev–Trinajstić information content (AvgIpc) is 2.76. The fraction of sp³-hybridized carbons (Fsp3) is 0.409. The summed E-state index contributed by atoms with van der Waals surface area (Å²) in [4.78, 5) is 49.2. The molecule has 0 aliphatic rings. The highest BCUT2D eigenvalue weighted by Gasteiger charge is 2.31. The maximum atomic E-state index is 13.2. The number of non-ortho nitro benzene ring substituents is 1. The van der Waals surface area contributed by atoms with Gasteiger partial charge in [0.1, 0.15) is 0 Å². The van der Waals surface area contributed by atoms with Crippen LogP contribution < -0.4 is 10.9 Å². The molecule has 2 atom stereocenters. The number of aromatic nitrogens is 1. The maximum absolute atomic E-state index is 13.2. The minimum Gasteiger partial charge on any atom is -0.354 e. The van der Waals surface area contributed by atoms with Crippen LogP contribution in [0.5, 0.6) is 0 Å². The van der Waals surface area contributed by atoms with E-state index in [0.29, 0.717) is 6.54 Å². The van der Waals surface area contributed by atoms with Crippen LogP contribution in [0.4, 0.5) is 5.69 Å². The number of nitro groups is 1. The molecule has 0 spiro atoms. The summed E-state index contributed by atoms with van der Waals surface area (Å²) < 4.78 is 0.964. The Kier molecular flexibility index (Phi) is 8.93. The van der Waals surface area contributed by atoms with Gasteiger partial charge in [0.05, 0.1) is 9.95 Å². The van der Waals surface area contributed by atoms with Crippen LogP contribution in [0.1, 0.15) is 55.9 Å². The normalized spacial score (nSPS) is 12.7. The number of unbranched alkanes of at least 4 members (excludes halogenated alkanes) is 1. The number of ketones is 1. The highest BCUT2D eigenvalue weighted by atomic mass is 35.5. The SMILES string of the molecule is CCCC[C@H](CC)CNC(=O)[C@@H](C(=O)c1cccc([N+](=O)[O-])c1)n1cc(Cl)ccc1=O. The Labute approximate surface area is 185 Å². The van der Waals surface area contributed by atoms with Crippen molar-refractivity contribution in [2.24, 2.45) is 5.92 Å². The van der Waals surface area contributed by atoms with Crippen molar-refractivity contribution < 1.29 is 14.5 Å². The zero-order chi connectivity index (χ0) is 23.0. The predicted octanol–water partition coefficient (Wildman–Crippen LogP) is 4.17. The summed E-state index contributed by atoms with van der Waals surface area (Å²) in [6.07, 6.45) is 5.08. The van der Waals surface area contributed by atoms with Gasteiger partial charge in [-0.15, -0.1) is 0 Å². The number of Topliss-reactive ketones (excluding diaryl/α,β-unsaturated/α-hetero) is 1. The van der Waals surface area contributed by atoms with E-state index < -0.39 is 28.2 Å². The van der Waals surface area contributed by atoms with E-state index in [0.717, 1.165) is 36.3 Å². The molecule has 31 heavy (non-hydrogen) atoms. The molecule has 2 rings (SSSR count). The smallest absolute Gasteiger partial charge is 0.270 e. The van der Waals surface area contributed by atoms with E-state index in [1.54, 1.807) is 0 Å². The van der Waals surface area contributed by atoms with Crippen molar-refractivity contribution in [3.05, 3.63) is 73.6 Å². The summed E-state index contributed by atoms with van der Waals surface area (Å²) in [6, 6.07) is 6.08. The monoisotopic (exact) mass is 447 g/mol. The molecule has 0 radical (unpaired) electrons. The van der Waals surface area contributed by atoms with Gasteiger partial charge in [0.15, 0.2) is 11.8 Å². The molecule has 1 N–H and O–H groups in total. The van der Waals surface area contributed by atoms with Gasteiger partial charge in [-0.05, 0) is 18.4 Å². The lowest BCUT2D eigenvalue weighted by Gasteiger charge is -2.21. The molecule has 0 unspecified atom stereocenters. The molecule has 0 fully saturated rings. The first-order chi connectivity index (χ1) is 14.8. The molecule has 0 aliphatic carbocycles. The standard InChI is InChI=1S/C22H26ClN3O5/c1-3-5-7-15(4-2)13-24-22(29)20(25-14-17(23)10-11-19(25)27)21(28)16-8-6-9-18(12-16)26(30)31/h6,8-12,14-15,20H,3-5,7,13H2,1-2H3,(H,24,29)/t15-,20+/m0/s1. The van der Waals surface area contributed by atoms with Crippen LogP contribution >= 0.6 is 11.6 Å². The van der Waals surface area contributed by atoms with E-state index in [2.05, 4.69) is 12.2 Å². The Hall–Kier alpha value is -3.00. The maximum Gasteiger partial charge on any atom is 0.270 e. The second-order valence-corrected chi connectivity index (χ2v) is 7.77. The van der Waals surface area contributed by atoms with E-state index in [9.17, 15) is 24.5 Å². The second kappa shape index (κ2) is 11.4. The first-order valence-corrected chi connectivity index (χ1v) is 10.6. The fourth-order valence-electron chi connectivity index (χ4n) is 3.27. The fourth-order valence-corrected chi connectivity index (χ4v) is 3.43. The Balaban J connectivity index is 2.39. The molecule has 2 aromatic rings. The van der Waals surface area contributed by atoms with Crippen LogP contribution in [0, 0.1) is 16.0 Å². The van der Waals surface area contributed by atoms with E-state index in [4.69, 9.17) is 11.6 Å². The number of carbonyl (C=O) groups is 2. The third-order valence-corrected chi connectivity index (χ3v) is 5.35. The van der Waals surface area contributed by atoms with Crippen LogP contribution in [0.3, 0.4) is 0 Å². The molecule has 1 aromatic carbocycles. The molecule has 1 heterocycles. The Morgan fingerprint density at radius 3 is 2.61 bits per heavy atom. The lowest BCUT2D eigenvalue weighted by atomic mass is 9.98. The van der Waals surface area contributed by atoms with Crippen LogP contribution in [0.2, 0.25) is 5.02 Å². The van der Waals surface area contributed by atoms with Crippen LogP contribution in [-0.4, -0.2) is 27.7 Å². The molecule has 166 valence electrons. The Bertz CT molecular complexity index is 1000. The highest BCUT2D eigenvalue weighted by Crippen LogP contribution is 2.20. The molecule has 1 amide bonds. The largest absolute Gasteiger partial charge is 0.354 e. The molecular formula is C22H26ClN3O5. The number of hydrogen-bond acceptors (Lipinski definition) is 5. The van der Waals surface area contributed by atoms with Crippen molar-refractivity contribution in [2.45, 2.75) is 45.6 Å². The number of amides is 1. The zero-order valence-electron chi connectivity index (χ0n) is 17.5. The summed E-state index contributed by atoms with van der Waals surface area (Å²) in [5.41, 5.74) is -0.908. The van der Waals surface area contributed by atoms with Crippen molar-refractivity contribution in [3.8, 4) is 0 Å². The lowest BCUT2D eigenvalue weighted by Crippen LogP contribution is -2.42. The van der Waals surface area contributed by atoms with E-state index >= 15 is 0 Å². The van der Waals surface area contributed by atoms with Crippen LogP contribution in [-0.2, 0) is 4.79 Å². The van der Waals surface area contributed by atoms with Gasteiger partial charge < -0.3 is 5.32 Å². The first kappa shape index (κ1) is 24.3. The zero-order valence-corrected chi connectivity index (χ0v) is 18.3. The van der Waals surface area contributed by atoms with Crippen LogP contribution in [0.25, 0.3) is 0 Å². The number of hydrogen-bond donors (Lipinski definition) is 1. The topological polar surface area (TPSA) is 111 Å². The van der Waals surface area contributed by atoms with E-state index in [-0.39, 0.29) is 22.2 Å². The quantitative estimate of drug-likeness (QED) is 0.240. The van der Waals surface area contributed by atoms with Gasteiger partial charge >= 0.3 is 0 Å². The molecule has 0 saturated carbocycles. The second-order valence-electron chi connectivity index (χ2n) is 7.33. The van der Waals surface area contributed by atoms with Gasteiger partial charge in [0, 0.05) is 36.5 Å². The van der Waals surface area contributed by atoms with Gasteiger partial charge in [-0.2, -0.15) is 0 Å². The first-order valence-electron chi connectivity index (χ1n) is 10.2. The van der Waals surface area contributed by atoms with Gasteiger partial charge in [0.2, 0.25) is 0 Å². The van der Waals surface area contributed by atoms with Gasteiger partial charge in [-0.3, -0.25) is 29.1 Å². The number of nitro benzene ring substituents is 1. The van der Waals surface area contributed by atoms with E-state index in [1.165, 1.54) is 36.5 Å². The van der Waals surface area contributed by atoms with Crippen molar-refractivity contribution in [1.82, 2.24) is 9.88 Å². The number of rotatable bonds is 11. The number of nitrogens with one attached hydrogen (secondary N) is 1. The van der Waals surface area contributed by atoms with Crippen molar-refractivity contribution in [2.75, 3.05) is 6.54 Å². The summed E-state index contributed by atoms with van der Waals surface area (Å²) in [5, 5.41) is 14.0. The Morgan fingerprint density at radius 1 is 1.23 bits per heavy atom. The van der Waals surface area contributed by atoms with Crippen molar-refractivity contribution in [3.63, 3.8) is 0 Å². The van der Waals surface area contributed by atoms with Crippen molar-refractivity contribution >= 4 is 29.0 Å². The predicted molar refractivity (Wildman–Crippen MR) is 118 cm³/mol. The summed E-state index contributed by atoms with van der Waals surface area (Å²) >= 11 is 6.00. The highest BCUT2D eigenvalue weighted by molar-refractivity contribution is 6.30. The number of carbonyl (C=O) groups excluding carboxylic acids is 2. The third-order valence-electron chi connectivity index (χ3n) is 5.13. The summed E-state index contributed by atoms with van der Waals surface area (Å²) in [5.74, 6) is -1.14. The number of pyridine rings is 1. The number of nitrogens with zero attached hydrogens (tertiary/aromatic N) is 2. The lowest BCUT2D eigenvalue weighted by molar-refractivity contribution is -0.384. The Morgan fingerprint density at radius 2 is 1.97 bits per heavy atom. The number of benzene rings is 1. The molecule has 9 heteroatoms. The average molecular weight is 448 g/mol.